The van der Waals surface area contributed by atoms with Crippen molar-refractivity contribution in [2.75, 3.05) is 64.9 Å². The number of rotatable bonds is 8. The molecule has 0 radical (unpaired) electrons. The summed E-state index contributed by atoms with van der Waals surface area (Å²) in [4.78, 5) is 8.69. The molecule has 2 N–H and O–H groups in total. The van der Waals surface area contributed by atoms with Crippen molar-refractivity contribution >= 4 is 35.6 Å². The van der Waals surface area contributed by atoms with Crippen LogP contribution >= 0.6 is 24.0 Å². The van der Waals surface area contributed by atoms with E-state index in [9.17, 15) is 4.39 Å². The number of guanidine groups is 1. The van der Waals surface area contributed by atoms with Crippen LogP contribution in [0.1, 0.15) is 20.3 Å². The predicted octanol–water partition coefficient (Wildman–Crippen LogP) is 2.55. The van der Waals surface area contributed by atoms with Crippen LogP contribution in [0, 0.1) is 5.82 Å². The van der Waals surface area contributed by atoms with E-state index in [1.54, 1.807) is 19.2 Å². The van der Waals surface area contributed by atoms with Gasteiger partial charge in [-0.3, -0.25) is 9.89 Å². The van der Waals surface area contributed by atoms with Gasteiger partial charge in [-0.25, -0.2) is 4.39 Å². The summed E-state index contributed by atoms with van der Waals surface area (Å²) >= 11 is 0. The van der Waals surface area contributed by atoms with Crippen LogP contribution in [0.4, 0.5) is 10.1 Å². The second-order valence-electron chi connectivity index (χ2n) is 7.49. The molecule has 0 aromatic heterocycles. The molecule has 1 aliphatic heterocycles. The molecule has 0 unspecified atom stereocenters. The molecular formula is C20H35FIN5O. The predicted molar refractivity (Wildman–Crippen MR) is 126 cm³/mol. The fraction of sp³-hybridized carbons (Fsp3) is 0.650. The van der Waals surface area contributed by atoms with E-state index in [4.69, 9.17) is 4.74 Å². The van der Waals surface area contributed by atoms with Gasteiger partial charge in [0.1, 0.15) is 5.82 Å². The number of ether oxygens (including phenoxy) is 1. The Bertz CT molecular complexity index is 608. The van der Waals surface area contributed by atoms with Gasteiger partial charge in [-0.05, 0) is 32.4 Å². The summed E-state index contributed by atoms with van der Waals surface area (Å²) in [6.07, 6.45) is 0.887. The van der Waals surface area contributed by atoms with Gasteiger partial charge in [0.2, 0.25) is 0 Å². The Hall–Kier alpha value is -1.13. The van der Waals surface area contributed by atoms with Crippen molar-refractivity contribution in [2.45, 2.75) is 25.8 Å². The van der Waals surface area contributed by atoms with Gasteiger partial charge in [-0.15, -0.1) is 24.0 Å². The van der Waals surface area contributed by atoms with Gasteiger partial charge in [0, 0.05) is 52.4 Å². The Morgan fingerprint density at radius 3 is 2.57 bits per heavy atom. The zero-order chi connectivity index (χ0) is 19.7. The smallest absolute Gasteiger partial charge is 0.191 e. The molecule has 0 bridgehead atoms. The van der Waals surface area contributed by atoms with Crippen LogP contribution in [-0.4, -0.2) is 76.4 Å². The fourth-order valence-electron chi connectivity index (χ4n) is 3.21. The number of morpholine rings is 1. The normalized spacial score (nSPS) is 15.7. The lowest BCUT2D eigenvalue weighted by Gasteiger charge is -2.41. The molecule has 0 atom stereocenters. The molecule has 1 saturated heterocycles. The van der Waals surface area contributed by atoms with Crippen molar-refractivity contribution in [2.24, 2.45) is 4.99 Å². The highest BCUT2D eigenvalue weighted by Crippen LogP contribution is 2.17. The largest absolute Gasteiger partial charge is 0.379 e. The van der Waals surface area contributed by atoms with Crippen molar-refractivity contribution in [3.05, 3.63) is 30.1 Å². The Morgan fingerprint density at radius 1 is 1.25 bits per heavy atom. The van der Waals surface area contributed by atoms with Crippen LogP contribution in [0.2, 0.25) is 0 Å². The quantitative estimate of drug-likeness (QED) is 0.245. The topological polar surface area (TPSA) is 52.1 Å². The van der Waals surface area contributed by atoms with Crippen LogP contribution in [0.5, 0.6) is 0 Å². The number of hydrogen-bond acceptors (Lipinski definition) is 4. The van der Waals surface area contributed by atoms with E-state index >= 15 is 0 Å². The van der Waals surface area contributed by atoms with Crippen molar-refractivity contribution in [3.63, 3.8) is 0 Å². The Morgan fingerprint density at radius 2 is 1.93 bits per heavy atom. The molecule has 28 heavy (non-hydrogen) atoms. The van der Waals surface area contributed by atoms with Crippen LogP contribution in [0.3, 0.4) is 0 Å². The SMILES string of the molecule is CN=C(NCCCN(C)c1ccccc1F)NCC(C)(C)N1CCOCC1.I. The molecule has 0 spiro atoms. The van der Waals surface area contributed by atoms with Gasteiger partial charge in [0.15, 0.2) is 5.96 Å². The van der Waals surface area contributed by atoms with E-state index in [-0.39, 0.29) is 35.3 Å². The lowest BCUT2D eigenvalue weighted by atomic mass is 10.0. The van der Waals surface area contributed by atoms with Crippen LogP contribution in [0.25, 0.3) is 0 Å². The number of halogens is 2. The minimum Gasteiger partial charge on any atom is -0.379 e. The monoisotopic (exact) mass is 507 g/mol. The van der Waals surface area contributed by atoms with Gasteiger partial charge in [0.25, 0.3) is 0 Å². The van der Waals surface area contributed by atoms with Crippen molar-refractivity contribution in [3.8, 4) is 0 Å². The van der Waals surface area contributed by atoms with Gasteiger partial charge in [-0.1, -0.05) is 12.1 Å². The number of benzene rings is 1. The number of aliphatic imine (C=N–C) groups is 1. The third kappa shape index (κ3) is 7.71. The first-order chi connectivity index (χ1) is 12.9. The molecule has 1 aromatic carbocycles. The van der Waals surface area contributed by atoms with Crippen LogP contribution < -0.4 is 15.5 Å². The van der Waals surface area contributed by atoms with E-state index in [0.29, 0.717) is 5.69 Å². The molecule has 6 nitrogen and oxygen atoms in total. The molecule has 1 heterocycles. The van der Waals surface area contributed by atoms with Gasteiger partial charge < -0.3 is 20.3 Å². The number of para-hydroxylation sites is 1. The maximum atomic E-state index is 13.8. The Labute approximate surface area is 185 Å². The van der Waals surface area contributed by atoms with Crippen molar-refractivity contribution in [1.82, 2.24) is 15.5 Å². The maximum Gasteiger partial charge on any atom is 0.191 e. The minimum absolute atomic E-state index is 0. The summed E-state index contributed by atoms with van der Waals surface area (Å²) in [6, 6.07) is 6.86. The molecule has 1 fully saturated rings. The first-order valence-electron chi connectivity index (χ1n) is 9.67. The highest BCUT2D eigenvalue weighted by atomic mass is 127. The van der Waals surface area contributed by atoms with Crippen molar-refractivity contribution in [1.29, 1.82) is 0 Å². The van der Waals surface area contributed by atoms with Crippen molar-refractivity contribution < 1.29 is 9.13 Å². The maximum absolute atomic E-state index is 13.8. The molecular weight excluding hydrogens is 472 g/mol. The molecule has 1 aromatic rings. The molecule has 0 aliphatic carbocycles. The van der Waals surface area contributed by atoms with Gasteiger partial charge in [0.05, 0.1) is 18.9 Å². The first-order valence-corrected chi connectivity index (χ1v) is 9.67. The van der Waals surface area contributed by atoms with E-state index in [1.807, 2.05) is 18.0 Å². The second-order valence-corrected chi connectivity index (χ2v) is 7.49. The molecule has 8 heteroatoms. The zero-order valence-electron chi connectivity index (χ0n) is 17.5. The summed E-state index contributed by atoms with van der Waals surface area (Å²) in [5.41, 5.74) is 0.666. The second kappa shape index (κ2) is 12.4. The summed E-state index contributed by atoms with van der Waals surface area (Å²) < 4.78 is 19.2. The molecule has 2 rings (SSSR count). The Balaban J connectivity index is 0.00000392. The van der Waals surface area contributed by atoms with Gasteiger partial charge in [-0.2, -0.15) is 0 Å². The van der Waals surface area contributed by atoms with Crippen LogP contribution in [-0.2, 0) is 4.74 Å². The molecule has 1 aliphatic rings. The minimum atomic E-state index is -0.184. The summed E-state index contributed by atoms with van der Waals surface area (Å²) in [5.74, 6) is 0.612. The van der Waals surface area contributed by atoms with E-state index in [2.05, 4.69) is 34.4 Å². The van der Waals surface area contributed by atoms with E-state index < -0.39 is 0 Å². The summed E-state index contributed by atoms with van der Waals surface area (Å²) in [7, 11) is 3.69. The highest BCUT2D eigenvalue weighted by Gasteiger charge is 2.28. The number of hydrogen-bond donors (Lipinski definition) is 2. The number of nitrogens with zero attached hydrogens (tertiary/aromatic N) is 3. The van der Waals surface area contributed by atoms with E-state index in [1.165, 1.54) is 6.07 Å². The molecule has 160 valence electrons. The first kappa shape index (κ1) is 24.9. The fourth-order valence-corrected chi connectivity index (χ4v) is 3.21. The third-order valence-corrected chi connectivity index (χ3v) is 5.01. The Kier molecular flexibility index (Phi) is 11.1. The average Bonchev–Trinajstić information content (AvgIpc) is 2.68. The standard InChI is InChI=1S/C20H34FN5O.HI/c1-20(2,26-12-14-27-15-13-26)16-24-19(22-3)23-10-7-11-25(4)18-9-6-5-8-17(18)21;/h5-6,8-9H,7,10-16H2,1-4H3,(H2,22,23,24);1H. The molecule has 0 amide bonds. The van der Waals surface area contributed by atoms with E-state index in [0.717, 1.165) is 58.3 Å². The number of anilines is 1. The third-order valence-electron chi connectivity index (χ3n) is 5.01. The number of nitrogens with one attached hydrogen (secondary N) is 2. The summed E-state index contributed by atoms with van der Waals surface area (Å²) in [6.45, 7) is 10.3. The van der Waals surface area contributed by atoms with Gasteiger partial charge >= 0.3 is 0 Å². The summed E-state index contributed by atoms with van der Waals surface area (Å²) in [5, 5.41) is 6.76. The molecule has 0 saturated carbocycles. The zero-order valence-corrected chi connectivity index (χ0v) is 19.8. The highest BCUT2D eigenvalue weighted by molar-refractivity contribution is 14.0. The van der Waals surface area contributed by atoms with Crippen LogP contribution in [0.15, 0.2) is 29.3 Å². The lowest BCUT2D eigenvalue weighted by molar-refractivity contribution is -0.00833. The lowest BCUT2D eigenvalue weighted by Crippen LogP contribution is -2.56. The average molecular weight is 507 g/mol.